The van der Waals surface area contributed by atoms with E-state index in [2.05, 4.69) is 9.97 Å². The summed E-state index contributed by atoms with van der Waals surface area (Å²) in [7, 11) is 0. The average molecular weight is 202 g/mol. The number of nitrogens with zero attached hydrogens (tertiary/aromatic N) is 1. The summed E-state index contributed by atoms with van der Waals surface area (Å²) < 4.78 is 0. The predicted molar refractivity (Wildman–Crippen MR) is 60.0 cm³/mol. The molecule has 0 amide bonds. The van der Waals surface area contributed by atoms with Crippen LogP contribution in [0.2, 0.25) is 0 Å². The van der Waals surface area contributed by atoms with Crippen LogP contribution in [0.5, 0.6) is 0 Å². The van der Waals surface area contributed by atoms with Gasteiger partial charge in [0, 0.05) is 11.5 Å². The van der Waals surface area contributed by atoms with Gasteiger partial charge in [0.15, 0.2) is 5.78 Å². The fraction of sp³-hybridized carbons (Fsp3) is 0.333. The molecule has 0 saturated heterocycles. The number of rotatable bonds is 2. The maximum Gasteiger partial charge on any atom is 0.167 e. The summed E-state index contributed by atoms with van der Waals surface area (Å²) in [5.74, 6) is 0.994. The zero-order chi connectivity index (χ0) is 11.0. The van der Waals surface area contributed by atoms with Gasteiger partial charge in [0.1, 0.15) is 5.82 Å². The molecular weight excluding hydrogens is 188 g/mol. The molecule has 0 saturated carbocycles. The number of H-pyrrole nitrogens is 1. The first-order chi connectivity index (χ1) is 7.09. The fourth-order valence-corrected chi connectivity index (χ4v) is 1.67. The first-order valence-electron chi connectivity index (χ1n) is 5.09. The number of benzene rings is 1. The van der Waals surface area contributed by atoms with E-state index >= 15 is 0 Å². The third kappa shape index (κ3) is 1.65. The van der Waals surface area contributed by atoms with Crippen molar-refractivity contribution >= 4 is 16.8 Å². The first kappa shape index (κ1) is 9.90. The molecule has 0 fully saturated rings. The lowest BCUT2D eigenvalue weighted by Crippen LogP contribution is -2.07. The van der Waals surface area contributed by atoms with Crippen LogP contribution in [0, 0.1) is 12.8 Å². The number of imidazole rings is 1. The van der Waals surface area contributed by atoms with E-state index in [0.717, 1.165) is 16.9 Å². The number of aryl methyl sites for hydroxylation is 1. The summed E-state index contributed by atoms with van der Waals surface area (Å²) in [6.07, 6.45) is 0. The Hall–Kier alpha value is -1.64. The molecule has 0 bridgehead atoms. The smallest absolute Gasteiger partial charge is 0.167 e. The number of ketones is 1. The van der Waals surface area contributed by atoms with E-state index in [0.29, 0.717) is 5.56 Å². The summed E-state index contributed by atoms with van der Waals surface area (Å²) in [5, 5.41) is 0. The van der Waals surface area contributed by atoms with E-state index in [1.807, 2.05) is 39.0 Å². The highest BCUT2D eigenvalue weighted by Gasteiger charge is 2.15. The van der Waals surface area contributed by atoms with Gasteiger partial charge >= 0.3 is 0 Å². The third-order valence-electron chi connectivity index (χ3n) is 2.42. The number of fused-ring (bicyclic) bond motifs is 1. The quantitative estimate of drug-likeness (QED) is 0.761. The standard InChI is InChI=1S/C12H14N2O/c1-7(2)12(15)9-5-4-6-10-11(9)14-8(3)13-10/h4-7H,1-3H3,(H,13,14). The van der Waals surface area contributed by atoms with Gasteiger partial charge in [-0.15, -0.1) is 0 Å². The largest absolute Gasteiger partial charge is 0.342 e. The topological polar surface area (TPSA) is 45.8 Å². The Kier molecular flexibility index (Phi) is 2.31. The summed E-state index contributed by atoms with van der Waals surface area (Å²) in [5.41, 5.74) is 2.43. The Balaban J connectivity index is 2.65. The van der Waals surface area contributed by atoms with E-state index in [4.69, 9.17) is 0 Å². The van der Waals surface area contributed by atoms with E-state index in [1.165, 1.54) is 0 Å². The SMILES string of the molecule is Cc1nc2c(C(=O)C(C)C)cccc2[nH]1. The van der Waals surface area contributed by atoms with Crippen LogP contribution in [0.25, 0.3) is 11.0 Å². The molecule has 0 unspecified atom stereocenters. The molecule has 15 heavy (non-hydrogen) atoms. The van der Waals surface area contributed by atoms with Crippen LogP contribution in [0.1, 0.15) is 30.0 Å². The highest BCUT2D eigenvalue weighted by Crippen LogP contribution is 2.19. The van der Waals surface area contributed by atoms with Crippen molar-refractivity contribution in [1.82, 2.24) is 9.97 Å². The Labute approximate surface area is 88.5 Å². The van der Waals surface area contributed by atoms with Crippen LogP contribution in [-0.2, 0) is 0 Å². The number of carbonyl (C=O) groups is 1. The summed E-state index contributed by atoms with van der Waals surface area (Å²) >= 11 is 0. The fourth-order valence-electron chi connectivity index (χ4n) is 1.67. The molecule has 3 nitrogen and oxygen atoms in total. The minimum absolute atomic E-state index is 0.00704. The van der Waals surface area contributed by atoms with Gasteiger partial charge in [-0.1, -0.05) is 19.9 Å². The van der Waals surface area contributed by atoms with E-state index in [-0.39, 0.29) is 11.7 Å². The van der Waals surface area contributed by atoms with Gasteiger partial charge in [-0.05, 0) is 19.1 Å². The molecule has 1 heterocycles. The van der Waals surface area contributed by atoms with Gasteiger partial charge in [-0.25, -0.2) is 4.98 Å². The summed E-state index contributed by atoms with van der Waals surface area (Å²) in [4.78, 5) is 19.4. The molecule has 1 N–H and O–H groups in total. The van der Waals surface area contributed by atoms with Crippen LogP contribution < -0.4 is 0 Å². The van der Waals surface area contributed by atoms with Crippen molar-refractivity contribution in [3.05, 3.63) is 29.6 Å². The lowest BCUT2D eigenvalue weighted by atomic mass is 10.00. The van der Waals surface area contributed by atoms with E-state index < -0.39 is 0 Å². The number of nitrogens with one attached hydrogen (secondary N) is 1. The molecule has 0 aliphatic carbocycles. The molecular formula is C12H14N2O. The highest BCUT2D eigenvalue weighted by molar-refractivity contribution is 6.06. The maximum absolute atomic E-state index is 11.9. The summed E-state index contributed by atoms with van der Waals surface area (Å²) in [6, 6.07) is 5.66. The van der Waals surface area contributed by atoms with Crippen molar-refractivity contribution in [1.29, 1.82) is 0 Å². The first-order valence-corrected chi connectivity index (χ1v) is 5.09. The van der Waals surface area contributed by atoms with Crippen molar-refractivity contribution in [2.24, 2.45) is 5.92 Å². The normalized spacial score (nSPS) is 11.2. The molecule has 2 rings (SSSR count). The summed E-state index contributed by atoms with van der Waals surface area (Å²) in [6.45, 7) is 5.70. The van der Waals surface area contributed by atoms with Crippen molar-refractivity contribution in [3.8, 4) is 0 Å². The molecule has 2 aromatic rings. The minimum atomic E-state index is 0.00704. The Morgan fingerprint density at radius 3 is 2.80 bits per heavy atom. The van der Waals surface area contributed by atoms with Gasteiger partial charge in [-0.2, -0.15) is 0 Å². The maximum atomic E-state index is 11.9. The second-order valence-corrected chi connectivity index (χ2v) is 4.04. The molecule has 78 valence electrons. The average Bonchev–Trinajstić information content (AvgIpc) is 2.56. The zero-order valence-corrected chi connectivity index (χ0v) is 9.16. The monoisotopic (exact) mass is 202 g/mol. The molecule has 1 aromatic carbocycles. The molecule has 3 heteroatoms. The Bertz CT molecular complexity index is 511. The molecule has 0 spiro atoms. The van der Waals surface area contributed by atoms with Crippen LogP contribution in [0.4, 0.5) is 0 Å². The number of aromatic amines is 1. The second-order valence-electron chi connectivity index (χ2n) is 4.04. The highest BCUT2D eigenvalue weighted by atomic mass is 16.1. The number of aromatic nitrogens is 2. The zero-order valence-electron chi connectivity index (χ0n) is 9.16. The van der Waals surface area contributed by atoms with Crippen molar-refractivity contribution in [2.75, 3.05) is 0 Å². The number of hydrogen-bond acceptors (Lipinski definition) is 2. The van der Waals surface area contributed by atoms with E-state index in [1.54, 1.807) is 0 Å². The van der Waals surface area contributed by atoms with Gasteiger partial charge in [-0.3, -0.25) is 4.79 Å². The minimum Gasteiger partial charge on any atom is -0.342 e. The van der Waals surface area contributed by atoms with Crippen molar-refractivity contribution in [3.63, 3.8) is 0 Å². The lowest BCUT2D eigenvalue weighted by Gasteiger charge is -2.03. The van der Waals surface area contributed by atoms with Gasteiger partial charge in [0.05, 0.1) is 11.0 Å². The number of Topliss-reactive ketones (excluding diaryl/α,β-unsaturated/α-hetero) is 1. The van der Waals surface area contributed by atoms with Crippen molar-refractivity contribution < 1.29 is 4.79 Å². The lowest BCUT2D eigenvalue weighted by molar-refractivity contribution is 0.0941. The molecule has 0 radical (unpaired) electrons. The van der Waals surface area contributed by atoms with E-state index in [9.17, 15) is 4.79 Å². The molecule has 0 aliphatic rings. The van der Waals surface area contributed by atoms with Crippen LogP contribution >= 0.6 is 0 Å². The van der Waals surface area contributed by atoms with Crippen LogP contribution in [-0.4, -0.2) is 15.8 Å². The van der Waals surface area contributed by atoms with Crippen LogP contribution in [0.15, 0.2) is 18.2 Å². The Morgan fingerprint density at radius 2 is 2.13 bits per heavy atom. The van der Waals surface area contributed by atoms with Crippen LogP contribution in [0.3, 0.4) is 0 Å². The molecule has 0 atom stereocenters. The van der Waals surface area contributed by atoms with Crippen molar-refractivity contribution in [2.45, 2.75) is 20.8 Å². The Morgan fingerprint density at radius 1 is 1.40 bits per heavy atom. The predicted octanol–water partition coefficient (Wildman–Crippen LogP) is 2.71. The number of carbonyl (C=O) groups excluding carboxylic acids is 1. The number of hydrogen-bond donors (Lipinski definition) is 1. The molecule has 1 aromatic heterocycles. The number of para-hydroxylation sites is 1. The second kappa shape index (κ2) is 3.50. The molecule has 0 aliphatic heterocycles. The van der Waals surface area contributed by atoms with Gasteiger partial charge in [0.25, 0.3) is 0 Å². The van der Waals surface area contributed by atoms with Gasteiger partial charge in [0.2, 0.25) is 0 Å². The third-order valence-corrected chi connectivity index (χ3v) is 2.42. The van der Waals surface area contributed by atoms with Gasteiger partial charge < -0.3 is 4.98 Å².